The topological polar surface area (TPSA) is 60.1 Å². The van der Waals surface area contributed by atoms with Crippen LogP contribution < -0.4 is 5.32 Å². The second-order valence-corrected chi connectivity index (χ2v) is 6.66. The fourth-order valence-electron chi connectivity index (χ4n) is 3.09. The Morgan fingerprint density at radius 3 is 2.54 bits per heavy atom. The van der Waals surface area contributed by atoms with E-state index in [9.17, 15) is 4.79 Å². The lowest BCUT2D eigenvalue weighted by molar-refractivity contribution is 0.0858. The number of hydrogen-bond acceptors (Lipinski definition) is 3. The lowest BCUT2D eigenvalue weighted by Crippen LogP contribution is -2.45. The zero-order chi connectivity index (χ0) is 18.6. The van der Waals surface area contributed by atoms with Gasteiger partial charge in [0.2, 0.25) is 0 Å². The van der Waals surface area contributed by atoms with E-state index in [1.165, 1.54) is 0 Å². The molecule has 0 saturated carbocycles. The van der Waals surface area contributed by atoms with E-state index < -0.39 is 5.54 Å². The van der Waals surface area contributed by atoms with Gasteiger partial charge in [-0.3, -0.25) is 9.48 Å². The van der Waals surface area contributed by atoms with Crippen molar-refractivity contribution in [2.45, 2.75) is 38.8 Å². The molecule has 0 bridgehead atoms. The highest BCUT2D eigenvalue weighted by Crippen LogP contribution is 2.30. The number of furan rings is 1. The minimum absolute atomic E-state index is 0.227. The van der Waals surface area contributed by atoms with Crippen LogP contribution in [0.2, 0.25) is 5.02 Å². The van der Waals surface area contributed by atoms with Crippen molar-refractivity contribution in [2.75, 3.05) is 0 Å². The van der Waals surface area contributed by atoms with E-state index >= 15 is 0 Å². The molecule has 6 heteroatoms. The molecule has 1 amide bonds. The normalized spacial score (nSPS) is 11.5. The molecule has 1 aromatic carbocycles. The van der Waals surface area contributed by atoms with Gasteiger partial charge in [-0.25, -0.2) is 0 Å². The van der Waals surface area contributed by atoms with Crippen LogP contribution in [0.1, 0.15) is 48.6 Å². The minimum Gasteiger partial charge on any atom is -0.454 e. The van der Waals surface area contributed by atoms with Crippen LogP contribution in [0, 0.1) is 0 Å². The van der Waals surface area contributed by atoms with Gasteiger partial charge in [0.05, 0.1) is 12.1 Å². The number of hydrogen-bond donors (Lipinski definition) is 1. The Labute approximate surface area is 158 Å². The fraction of sp³-hybridized carbons (Fsp3) is 0.300. The van der Waals surface area contributed by atoms with Gasteiger partial charge in [0.25, 0.3) is 5.91 Å². The monoisotopic (exact) mass is 371 g/mol. The Morgan fingerprint density at radius 2 is 1.92 bits per heavy atom. The van der Waals surface area contributed by atoms with Crippen molar-refractivity contribution >= 4 is 17.5 Å². The maximum absolute atomic E-state index is 12.8. The second kappa shape index (κ2) is 7.79. The largest absolute Gasteiger partial charge is 0.454 e. The molecule has 5 nitrogen and oxygen atoms in total. The van der Waals surface area contributed by atoms with Gasteiger partial charge in [-0.15, -0.1) is 0 Å². The first-order valence-corrected chi connectivity index (χ1v) is 9.09. The van der Waals surface area contributed by atoms with E-state index in [1.54, 1.807) is 23.0 Å². The van der Waals surface area contributed by atoms with Crippen molar-refractivity contribution in [3.05, 3.63) is 77.0 Å². The van der Waals surface area contributed by atoms with Crippen LogP contribution in [0.4, 0.5) is 0 Å². The van der Waals surface area contributed by atoms with Crippen molar-refractivity contribution in [3.63, 3.8) is 0 Å². The van der Waals surface area contributed by atoms with Crippen LogP contribution in [0.25, 0.3) is 0 Å². The maximum atomic E-state index is 12.8. The quantitative estimate of drug-likeness (QED) is 0.659. The summed E-state index contributed by atoms with van der Waals surface area (Å²) >= 11 is 6.00. The lowest BCUT2D eigenvalue weighted by Gasteiger charge is -2.33. The number of carbonyl (C=O) groups is 1. The molecular weight excluding hydrogens is 350 g/mol. The zero-order valence-electron chi connectivity index (χ0n) is 14.9. The van der Waals surface area contributed by atoms with Crippen LogP contribution in [0.3, 0.4) is 0 Å². The van der Waals surface area contributed by atoms with Gasteiger partial charge in [-0.1, -0.05) is 37.6 Å². The highest BCUT2D eigenvalue weighted by molar-refractivity contribution is 6.30. The van der Waals surface area contributed by atoms with E-state index in [1.807, 2.05) is 36.5 Å². The number of carbonyl (C=O) groups excluding carboxylic acids is 1. The highest BCUT2D eigenvalue weighted by atomic mass is 35.5. The molecule has 0 atom stereocenters. The minimum atomic E-state index is -0.462. The number of nitrogens with zero attached hydrogens (tertiary/aromatic N) is 2. The van der Waals surface area contributed by atoms with Crippen LogP contribution in [-0.4, -0.2) is 15.7 Å². The Hall–Kier alpha value is -2.53. The first-order chi connectivity index (χ1) is 12.6. The Balaban J connectivity index is 1.78. The number of rotatable bonds is 7. The Morgan fingerprint density at radius 1 is 1.19 bits per heavy atom. The maximum Gasteiger partial charge on any atom is 0.287 e. The van der Waals surface area contributed by atoms with Crippen molar-refractivity contribution < 1.29 is 9.21 Å². The molecule has 0 spiro atoms. The van der Waals surface area contributed by atoms with Gasteiger partial charge < -0.3 is 9.73 Å². The molecule has 136 valence electrons. The van der Waals surface area contributed by atoms with Crippen molar-refractivity contribution in [2.24, 2.45) is 0 Å². The van der Waals surface area contributed by atoms with Gasteiger partial charge >= 0.3 is 0 Å². The predicted octanol–water partition coefficient (Wildman–Crippen LogP) is 4.62. The van der Waals surface area contributed by atoms with E-state index in [2.05, 4.69) is 24.3 Å². The fourth-order valence-corrected chi connectivity index (χ4v) is 3.22. The second-order valence-electron chi connectivity index (χ2n) is 6.22. The molecular formula is C20H22ClN3O2. The molecule has 0 unspecified atom stereocenters. The standard InChI is InChI=1S/C20H22ClN3O2/c1-3-20(4-2,15-6-8-16(21)9-7-15)23-19(25)18-11-10-17(26-18)14-24-13-5-12-22-24/h5-13H,3-4,14H2,1-2H3,(H,23,25). The van der Waals surface area contributed by atoms with Crippen LogP contribution in [-0.2, 0) is 12.1 Å². The first-order valence-electron chi connectivity index (χ1n) is 8.71. The highest BCUT2D eigenvalue weighted by Gasteiger charge is 2.31. The SMILES string of the molecule is CCC(CC)(NC(=O)c1ccc(Cn2cccn2)o1)c1ccc(Cl)cc1. The molecule has 0 fully saturated rings. The molecule has 2 aromatic heterocycles. The molecule has 0 aliphatic rings. The summed E-state index contributed by atoms with van der Waals surface area (Å²) in [6, 6.07) is 13.0. The number of nitrogens with one attached hydrogen (secondary N) is 1. The van der Waals surface area contributed by atoms with Crippen LogP contribution in [0.5, 0.6) is 0 Å². The first kappa shape index (κ1) is 18.3. The van der Waals surface area contributed by atoms with Gasteiger partial charge in [-0.05, 0) is 48.7 Å². The smallest absolute Gasteiger partial charge is 0.287 e. The Bertz CT molecular complexity index is 850. The van der Waals surface area contributed by atoms with Crippen molar-refractivity contribution in [1.29, 1.82) is 0 Å². The number of halogens is 1. The lowest BCUT2D eigenvalue weighted by atomic mass is 9.84. The molecule has 0 aliphatic carbocycles. The molecule has 3 rings (SSSR count). The van der Waals surface area contributed by atoms with E-state index in [0.29, 0.717) is 23.1 Å². The molecule has 0 aliphatic heterocycles. The number of aromatic nitrogens is 2. The average molecular weight is 372 g/mol. The van der Waals surface area contributed by atoms with Crippen molar-refractivity contribution in [1.82, 2.24) is 15.1 Å². The summed E-state index contributed by atoms with van der Waals surface area (Å²) in [6.07, 6.45) is 5.08. The summed E-state index contributed by atoms with van der Waals surface area (Å²) in [7, 11) is 0. The zero-order valence-corrected chi connectivity index (χ0v) is 15.7. The third kappa shape index (κ3) is 3.83. The summed E-state index contributed by atoms with van der Waals surface area (Å²) in [5.74, 6) is 0.756. The van der Waals surface area contributed by atoms with Gasteiger partial charge in [0.1, 0.15) is 5.76 Å². The average Bonchev–Trinajstić information content (AvgIpc) is 3.33. The Kier molecular flexibility index (Phi) is 5.47. The molecule has 0 saturated heterocycles. The molecule has 1 N–H and O–H groups in total. The molecule has 26 heavy (non-hydrogen) atoms. The van der Waals surface area contributed by atoms with Crippen LogP contribution >= 0.6 is 11.6 Å². The van der Waals surface area contributed by atoms with E-state index in [0.717, 1.165) is 18.4 Å². The third-order valence-electron chi connectivity index (χ3n) is 4.72. The summed E-state index contributed by atoms with van der Waals surface area (Å²) in [5.41, 5.74) is 0.569. The van der Waals surface area contributed by atoms with Gasteiger partial charge in [0.15, 0.2) is 5.76 Å². The third-order valence-corrected chi connectivity index (χ3v) is 4.97. The number of amides is 1. The molecule has 3 aromatic rings. The summed E-state index contributed by atoms with van der Waals surface area (Å²) in [6.45, 7) is 4.61. The predicted molar refractivity (Wildman–Crippen MR) is 101 cm³/mol. The van der Waals surface area contributed by atoms with E-state index in [-0.39, 0.29) is 5.91 Å². The van der Waals surface area contributed by atoms with Crippen LogP contribution in [0.15, 0.2) is 59.3 Å². The molecule has 2 heterocycles. The summed E-state index contributed by atoms with van der Waals surface area (Å²) in [4.78, 5) is 12.8. The number of benzene rings is 1. The summed E-state index contributed by atoms with van der Waals surface area (Å²) in [5, 5.41) is 7.98. The van der Waals surface area contributed by atoms with Crippen molar-refractivity contribution in [3.8, 4) is 0 Å². The summed E-state index contributed by atoms with van der Waals surface area (Å²) < 4.78 is 7.46. The van der Waals surface area contributed by atoms with Gasteiger partial charge in [-0.2, -0.15) is 5.10 Å². The molecule has 0 radical (unpaired) electrons. The van der Waals surface area contributed by atoms with E-state index in [4.69, 9.17) is 16.0 Å². The van der Waals surface area contributed by atoms with Gasteiger partial charge in [0, 0.05) is 17.4 Å².